The highest BCUT2D eigenvalue weighted by atomic mass is 16.5. The van der Waals surface area contributed by atoms with Gasteiger partial charge in [0.1, 0.15) is 5.82 Å². The summed E-state index contributed by atoms with van der Waals surface area (Å²) < 4.78 is 6.87. The Morgan fingerprint density at radius 3 is 2.76 bits per heavy atom. The van der Waals surface area contributed by atoms with Gasteiger partial charge in [-0.2, -0.15) is 4.52 Å². The summed E-state index contributed by atoms with van der Waals surface area (Å²) in [4.78, 5) is 28.8. The molecule has 1 unspecified atom stereocenters. The highest BCUT2D eigenvalue weighted by Gasteiger charge is 2.29. The molecule has 2 aromatic heterocycles. The van der Waals surface area contributed by atoms with Crippen LogP contribution in [0.25, 0.3) is 5.65 Å². The molecule has 0 aliphatic carbocycles. The predicted molar refractivity (Wildman–Crippen MR) is 106 cm³/mol. The number of rotatable bonds is 6. The summed E-state index contributed by atoms with van der Waals surface area (Å²) in [5.74, 6) is 1.23. The van der Waals surface area contributed by atoms with Gasteiger partial charge in [-0.05, 0) is 44.7 Å². The Labute approximate surface area is 170 Å². The number of amides is 1. The Balaban J connectivity index is 1.39. The molecule has 9 heteroatoms. The van der Waals surface area contributed by atoms with Gasteiger partial charge in [-0.3, -0.25) is 9.59 Å². The van der Waals surface area contributed by atoms with Crippen molar-refractivity contribution in [3.8, 4) is 0 Å². The van der Waals surface area contributed by atoms with E-state index in [0.29, 0.717) is 44.0 Å². The van der Waals surface area contributed by atoms with E-state index in [1.54, 1.807) is 16.3 Å². The van der Waals surface area contributed by atoms with E-state index in [4.69, 9.17) is 9.84 Å². The molecule has 0 aromatic carbocycles. The SMILES string of the molecule is CCOC(=O)C1CCCN(C(=O)CCc2nnc3ccc(N4CCCC4)nn23)C1. The minimum atomic E-state index is -0.216. The van der Waals surface area contributed by atoms with Crippen molar-refractivity contribution in [2.24, 2.45) is 5.92 Å². The van der Waals surface area contributed by atoms with Crippen molar-refractivity contribution in [1.29, 1.82) is 0 Å². The molecular formula is C20H28N6O3. The molecule has 0 radical (unpaired) electrons. The number of ether oxygens (including phenoxy) is 1. The van der Waals surface area contributed by atoms with Crippen LogP contribution in [0.3, 0.4) is 0 Å². The number of hydrogen-bond donors (Lipinski definition) is 0. The first kappa shape index (κ1) is 19.6. The Kier molecular flexibility index (Phi) is 5.92. The van der Waals surface area contributed by atoms with Crippen LogP contribution in [-0.4, -0.2) is 69.4 Å². The summed E-state index contributed by atoms with van der Waals surface area (Å²) in [6.45, 7) is 5.34. The molecule has 2 aromatic rings. The first-order valence-corrected chi connectivity index (χ1v) is 10.6. The maximum Gasteiger partial charge on any atom is 0.310 e. The highest BCUT2D eigenvalue weighted by molar-refractivity contribution is 5.78. The van der Waals surface area contributed by atoms with E-state index in [-0.39, 0.29) is 17.8 Å². The third-order valence-electron chi connectivity index (χ3n) is 5.70. The molecule has 0 saturated carbocycles. The number of likely N-dealkylation sites (tertiary alicyclic amines) is 1. The second-order valence-corrected chi connectivity index (χ2v) is 7.70. The average molecular weight is 400 g/mol. The summed E-state index contributed by atoms with van der Waals surface area (Å²) in [6, 6.07) is 3.90. The van der Waals surface area contributed by atoms with Gasteiger partial charge in [-0.1, -0.05) is 0 Å². The fourth-order valence-electron chi connectivity index (χ4n) is 4.13. The van der Waals surface area contributed by atoms with Crippen LogP contribution in [0.15, 0.2) is 12.1 Å². The van der Waals surface area contributed by atoms with Crippen LogP contribution >= 0.6 is 0 Å². The number of esters is 1. The number of hydrogen-bond acceptors (Lipinski definition) is 7. The Morgan fingerprint density at radius 2 is 1.97 bits per heavy atom. The molecule has 9 nitrogen and oxygen atoms in total. The molecule has 0 spiro atoms. The fourth-order valence-corrected chi connectivity index (χ4v) is 4.13. The van der Waals surface area contributed by atoms with Crippen molar-refractivity contribution in [2.45, 2.75) is 45.4 Å². The van der Waals surface area contributed by atoms with Gasteiger partial charge in [0, 0.05) is 39.0 Å². The Morgan fingerprint density at radius 1 is 1.14 bits per heavy atom. The number of nitrogens with zero attached hydrogens (tertiary/aromatic N) is 6. The summed E-state index contributed by atoms with van der Waals surface area (Å²) >= 11 is 0. The van der Waals surface area contributed by atoms with Crippen LogP contribution in [0.4, 0.5) is 5.82 Å². The van der Waals surface area contributed by atoms with Crippen molar-refractivity contribution in [3.63, 3.8) is 0 Å². The van der Waals surface area contributed by atoms with Crippen LogP contribution in [0, 0.1) is 5.92 Å². The topological polar surface area (TPSA) is 92.9 Å². The lowest BCUT2D eigenvalue weighted by Gasteiger charge is -2.31. The molecule has 2 saturated heterocycles. The van der Waals surface area contributed by atoms with Crippen LogP contribution in [0.1, 0.15) is 44.9 Å². The largest absolute Gasteiger partial charge is 0.466 e. The third-order valence-corrected chi connectivity index (χ3v) is 5.70. The Bertz CT molecular complexity index is 876. The van der Waals surface area contributed by atoms with E-state index in [1.807, 2.05) is 12.1 Å². The van der Waals surface area contributed by atoms with Crippen molar-refractivity contribution >= 4 is 23.3 Å². The zero-order valence-electron chi connectivity index (χ0n) is 16.9. The summed E-state index contributed by atoms with van der Waals surface area (Å²) in [7, 11) is 0. The molecule has 1 amide bonds. The van der Waals surface area contributed by atoms with Gasteiger partial charge in [0.05, 0.1) is 12.5 Å². The van der Waals surface area contributed by atoms with E-state index in [1.165, 1.54) is 12.8 Å². The van der Waals surface area contributed by atoms with Gasteiger partial charge < -0.3 is 14.5 Å². The number of aromatic nitrogens is 4. The van der Waals surface area contributed by atoms with E-state index < -0.39 is 0 Å². The van der Waals surface area contributed by atoms with Crippen molar-refractivity contribution < 1.29 is 14.3 Å². The predicted octanol–water partition coefficient (Wildman–Crippen LogP) is 1.46. The maximum atomic E-state index is 12.7. The zero-order valence-corrected chi connectivity index (χ0v) is 16.9. The van der Waals surface area contributed by atoms with Gasteiger partial charge in [-0.25, -0.2) is 0 Å². The second kappa shape index (κ2) is 8.75. The van der Waals surface area contributed by atoms with Gasteiger partial charge in [-0.15, -0.1) is 15.3 Å². The molecule has 2 aliphatic rings. The molecule has 4 rings (SSSR count). The molecule has 156 valence electrons. The molecule has 0 N–H and O–H groups in total. The van der Waals surface area contributed by atoms with Crippen molar-refractivity contribution in [2.75, 3.05) is 37.7 Å². The molecule has 2 fully saturated rings. The van der Waals surface area contributed by atoms with Gasteiger partial charge in [0.2, 0.25) is 5.91 Å². The monoisotopic (exact) mass is 400 g/mol. The lowest BCUT2D eigenvalue weighted by Crippen LogP contribution is -2.42. The molecule has 29 heavy (non-hydrogen) atoms. The first-order valence-electron chi connectivity index (χ1n) is 10.6. The van der Waals surface area contributed by atoms with Crippen LogP contribution in [0.2, 0.25) is 0 Å². The average Bonchev–Trinajstić information content (AvgIpc) is 3.42. The minimum absolute atomic E-state index is 0.0337. The highest BCUT2D eigenvalue weighted by Crippen LogP contribution is 2.20. The van der Waals surface area contributed by atoms with Crippen LogP contribution in [-0.2, 0) is 20.7 Å². The van der Waals surface area contributed by atoms with Crippen molar-refractivity contribution in [1.82, 2.24) is 24.7 Å². The van der Waals surface area contributed by atoms with E-state index in [0.717, 1.165) is 31.7 Å². The molecule has 4 heterocycles. The molecular weight excluding hydrogens is 372 g/mol. The van der Waals surface area contributed by atoms with Gasteiger partial charge in [0.15, 0.2) is 11.5 Å². The maximum absolute atomic E-state index is 12.7. The molecule has 1 atom stereocenters. The lowest BCUT2D eigenvalue weighted by molar-refractivity contribution is -0.151. The fraction of sp³-hybridized carbons (Fsp3) is 0.650. The number of carbonyl (C=O) groups excluding carboxylic acids is 2. The van der Waals surface area contributed by atoms with Gasteiger partial charge >= 0.3 is 5.97 Å². The molecule has 0 bridgehead atoms. The van der Waals surface area contributed by atoms with Gasteiger partial charge in [0.25, 0.3) is 0 Å². The number of carbonyl (C=O) groups is 2. The van der Waals surface area contributed by atoms with E-state index in [9.17, 15) is 9.59 Å². The first-order chi connectivity index (χ1) is 14.2. The standard InChI is InChI=1S/C20H28N6O3/c1-2-29-20(28)15-6-5-13-25(14-15)19(27)10-9-17-22-21-16-7-8-18(23-26(16)17)24-11-3-4-12-24/h7-8,15H,2-6,9-14H2,1H3. The van der Waals surface area contributed by atoms with Crippen LogP contribution < -0.4 is 4.90 Å². The minimum Gasteiger partial charge on any atom is -0.466 e. The van der Waals surface area contributed by atoms with Crippen molar-refractivity contribution in [3.05, 3.63) is 18.0 Å². The Hall–Kier alpha value is -2.71. The normalized spacial score (nSPS) is 19.7. The van der Waals surface area contributed by atoms with E-state index in [2.05, 4.69) is 15.1 Å². The number of piperidine rings is 1. The summed E-state index contributed by atoms with van der Waals surface area (Å²) in [5.41, 5.74) is 0.691. The lowest BCUT2D eigenvalue weighted by atomic mass is 9.98. The quantitative estimate of drug-likeness (QED) is 0.678. The third kappa shape index (κ3) is 4.33. The smallest absolute Gasteiger partial charge is 0.310 e. The second-order valence-electron chi connectivity index (χ2n) is 7.70. The van der Waals surface area contributed by atoms with Crippen LogP contribution in [0.5, 0.6) is 0 Å². The summed E-state index contributed by atoms with van der Waals surface area (Å²) in [6.07, 6.45) is 4.77. The van der Waals surface area contributed by atoms with E-state index >= 15 is 0 Å². The zero-order chi connectivity index (χ0) is 20.2. The summed E-state index contributed by atoms with van der Waals surface area (Å²) in [5, 5.41) is 13.1. The number of fused-ring (bicyclic) bond motifs is 1. The number of aryl methyl sites for hydroxylation is 1. The molecule has 2 aliphatic heterocycles. The number of anilines is 1.